The van der Waals surface area contributed by atoms with Crippen molar-refractivity contribution in [3.63, 3.8) is 0 Å². The lowest BCUT2D eigenvalue weighted by Crippen LogP contribution is -2.47. The second kappa shape index (κ2) is 11.7. The molecule has 1 aliphatic rings. The largest absolute Gasteiger partial charge is 0.473 e. The van der Waals surface area contributed by atoms with Gasteiger partial charge in [0.1, 0.15) is 0 Å². The number of hydrogen-bond acceptors (Lipinski definition) is 5. The standard InChI is InChI=1S/C21H27N3O.C2H2O4/c1-17-8-9-18(2)20(16-17)22-21(25)10-11-23-12-14-24(15-13-23)19-6-4-3-5-7-19;3-1(4)2(5)6/h3-9,16H,10-15H2,1-2H3,(H,22,25);(H,3,4)(H,5,6). The number of anilines is 2. The quantitative estimate of drug-likeness (QED) is 0.629. The first-order valence-electron chi connectivity index (χ1n) is 10.1. The molecule has 0 atom stereocenters. The summed E-state index contributed by atoms with van der Waals surface area (Å²) in [6.45, 7) is 8.93. The summed E-state index contributed by atoms with van der Waals surface area (Å²) < 4.78 is 0. The molecule has 0 spiro atoms. The second-order valence-electron chi connectivity index (χ2n) is 7.39. The van der Waals surface area contributed by atoms with Crippen molar-refractivity contribution in [3.8, 4) is 0 Å². The molecule has 1 amide bonds. The van der Waals surface area contributed by atoms with Crippen LogP contribution in [0.15, 0.2) is 48.5 Å². The van der Waals surface area contributed by atoms with Crippen molar-refractivity contribution in [2.24, 2.45) is 0 Å². The topological polar surface area (TPSA) is 110 Å². The molecule has 3 rings (SSSR count). The molecule has 1 heterocycles. The van der Waals surface area contributed by atoms with Crippen molar-refractivity contribution >= 4 is 29.2 Å². The van der Waals surface area contributed by atoms with Crippen LogP contribution in [0.4, 0.5) is 11.4 Å². The molecule has 2 aromatic carbocycles. The van der Waals surface area contributed by atoms with Gasteiger partial charge in [0, 0.05) is 50.5 Å². The number of carboxylic acid groups (broad SMARTS) is 2. The van der Waals surface area contributed by atoms with Gasteiger partial charge >= 0.3 is 11.9 Å². The van der Waals surface area contributed by atoms with Crippen molar-refractivity contribution < 1.29 is 24.6 Å². The van der Waals surface area contributed by atoms with Crippen molar-refractivity contribution in [1.29, 1.82) is 0 Å². The number of piperazine rings is 1. The van der Waals surface area contributed by atoms with Crippen molar-refractivity contribution in [3.05, 3.63) is 59.7 Å². The lowest BCUT2D eigenvalue weighted by atomic mass is 10.1. The molecule has 166 valence electrons. The van der Waals surface area contributed by atoms with Gasteiger partial charge in [0.25, 0.3) is 0 Å². The van der Waals surface area contributed by atoms with Crippen LogP contribution in [0, 0.1) is 13.8 Å². The Bertz CT molecular complexity index is 881. The van der Waals surface area contributed by atoms with Crippen LogP contribution in [0.1, 0.15) is 17.5 Å². The molecular weight excluding hydrogens is 398 g/mol. The summed E-state index contributed by atoms with van der Waals surface area (Å²) in [6.07, 6.45) is 0.540. The lowest BCUT2D eigenvalue weighted by molar-refractivity contribution is -0.159. The molecular formula is C23H29N3O5. The SMILES string of the molecule is Cc1ccc(C)c(NC(=O)CCN2CCN(c3ccccc3)CC2)c1.O=C(O)C(=O)O. The number of carboxylic acids is 2. The molecule has 0 radical (unpaired) electrons. The van der Waals surface area contributed by atoms with Gasteiger partial charge in [-0.05, 0) is 43.2 Å². The number of aryl methyl sites for hydroxylation is 2. The fourth-order valence-electron chi connectivity index (χ4n) is 3.21. The Morgan fingerprint density at radius 3 is 2.10 bits per heavy atom. The van der Waals surface area contributed by atoms with E-state index in [2.05, 4.69) is 45.4 Å². The van der Waals surface area contributed by atoms with Crippen LogP contribution in [0.2, 0.25) is 0 Å². The predicted molar refractivity (Wildman–Crippen MR) is 120 cm³/mol. The summed E-state index contributed by atoms with van der Waals surface area (Å²) in [6, 6.07) is 16.7. The molecule has 1 saturated heterocycles. The van der Waals surface area contributed by atoms with Crippen LogP contribution in [0.5, 0.6) is 0 Å². The minimum Gasteiger partial charge on any atom is -0.473 e. The third-order valence-electron chi connectivity index (χ3n) is 5.00. The summed E-state index contributed by atoms with van der Waals surface area (Å²) in [5, 5.41) is 17.8. The molecule has 31 heavy (non-hydrogen) atoms. The van der Waals surface area contributed by atoms with Crippen molar-refractivity contribution in [2.75, 3.05) is 42.9 Å². The number of carbonyl (C=O) groups is 3. The maximum Gasteiger partial charge on any atom is 0.414 e. The van der Waals surface area contributed by atoms with Crippen LogP contribution < -0.4 is 10.2 Å². The number of benzene rings is 2. The number of nitrogens with one attached hydrogen (secondary N) is 1. The van der Waals surface area contributed by atoms with E-state index >= 15 is 0 Å². The molecule has 1 fully saturated rings. The van der Waals surface area contributed by atoms with Crippen molar-refractivity contribution in [2.45, 2.75) is 20.3 Å². The summed E-state index contributed by atoms with van der Waals surface area (Å²) in [5.74, 6) is -3.55. The molecule has 0 saturated carbocycles. The monoisotopic (exact) mass is 427 g/mol. The number of amides is 1. The first kappa shape index (κ1) is 23.9. The highest BCUT2D eigenvalue weighted by atomic mass is 16.4. The minimum absolute atomic E-state index is 0.0965. The van der Waals surface area contributed by atoms with Gasteiger partial charge in [-0.25, -0.2) is 9.59 Å². The summed E-state index contributed by atoms with van der Waals surface area (Å²) in [7, 11) is 0. The van der Waals surface area contributed by atoms with Crippen LogP contribution in [-0.4, -0.2) is 65.7 Å². The van der Waals surface area contributed by atoms with Crippen LogP contribution in [0.3, 0.4) is 0 Å². The Balaban J connectivity index is 0.000000501. The normalized spacial score (nSPS) is 13.7. The fourth-order valence-corrected chi connectivity index (χ4v) is 3.21. The van der Waals surface area contributed by atoms with E-state index < -0.39 is 11.9 Å². The number of aliphatic carboxylic acids is 2. The Morgan fingerprint density at radius 2 is 1.52 bits per heavy atom. The fraction of sp³-hybridized carbons (Fsp3) is 0.348. The molecule has 0 aromatic heterocycles. The number of nitrogens with zero attached hydrogens (tertiary/aromatic N) is 2. The molecule has 0 aliphatic carbocycles. The van der Waals surface area contributed by atoms with E-state index in [0.717, 1.165) is 49.5 Å². The van der Waals surface area contributed by atoms with Gasteiger partial charge in [0.05, 0.1) is 0 Å². The highest BCUT2D eigenvalue weighted by Gasteiger charge is 2.17. The zero-order chi connectivity index (χ0) is 22.8. The Kier molecular flexibility index (Phi) is 9.02. The summed E-state index contributed by atoms with van der Waals surface area (Å²) in [4.78, 5) is 35.2. The smallest absolute Gasteiger partial charge is 0.414 e. The first-order chi connectivity index (χ1) is 14.8. The van der Waals surface area contributed by atoms with Gasteiger partial charge in [-0.2, -0.15) is 0 Å². The van der Waals surface area contributed by atoms with Gasteiger partial charge < -0.3 is 20.4 Å². The Hall–Kier alpha value is -3.39. The molecule has 1 aliphatic heterocycles. The molecule has 0 unspecified atom stereocenters. The first-order valence-corrected chi connectivity index (χ1v) is 10.1. The number of para-hydroxylation sites is 1. The van der Waals surface area contributed by atoms with Crippen LogP contribution >= 0.6 is 0 Å². The maximum atomic E-state index is 12.3. The van der Waals surface area contributed by atoms with Gasteiger partial charge in [0.15, 0.2) is 0 Å². The Labute approximate surface area is 182 Å². The number of rotatable bonds is 5. The van der Waals surface area contributed by atoms with Crippen molar-refractivity contribution in [1.82, 2.24) is 4.90 Å². The van der Waals surface area contributed by atoms with Gasteiger partial charge in [-0.15, -0.1) is 0 Å². The van der Waals surface area contributed by atoms with E-state index in [9.17, 15) is 4.79 Å². The Morgan fingerprint density at radius 1 is 0.903 bits per heavy atom. The molecule has 2 aromatic rings. The van der Waals surface area contributed by atoms with E-state index in [1.54, 1.807) is 0 Å². The molecule has 0 bridgehead atoms. The van der Waals surface area contributed by atoms with E-state index in [4.69, 9.17) is 19.8 Å². The van der Waals surface area contributed by atoms with Gasteiger partial charge in [-0.1, -0.05) is 30.3 Å². The number of carbonyl (C=O) groups excluding carboxylic acids is 1. The molecule has 3 N–H and O–H groups in total. The average Bonchev–Trinajstić information content (AvgIpc) is 2.76. The number of hydrogen-bond donors (Lipinski definition) is 3. The summed E-state index contributed by atoms with van der Waals surface area (Å²) in [5.41, 5.74) is 4.49. The zero-order valence-corrected chi connectivity index (χ0v) is 17.9. The van der Waals surface area contributed by atoms with Crippen LogP contribution in [0.25, 0.3) is 0 Å². The molecule has 8 heteroatoms. The second-order valence-corrected chi connectivity index (χ2v) is 7.39. The van der Waals surface area contributed by atoms with E-state index in [1.165, 1.54) is 5.69 Å². The minimum atomic E-state index is -1.82. The third kappa shape index (κ3) is 8.10. The van der Waals surface area contributed by atoms with Gasteiger partial charge in [0.2, 0.25) is 5.91 Å². The predicted octanol–water partition coefficient (Wildman–Crippen LogP) is 2.61. The maximum absolute atomic E-state index is 12.3. The van der Waals surface area contributed by atoms with E-state index in [1.807, 2.05) is 32.0 Å². The van der Waals surface area contributed by atoms with E-state index in [0.29, 0.717) is 6.42 Å². The third-order valence-corrected chi connectivity index (χ3v) is 5.00. The van der Waals surface area contributed by atoms with Crippen LogP contribution in [-0.2, 0) is 14.4 Å². The highest BCUT2D eigenvalue weighted by Crippen LogP contribution is 2.17. The van der Waals surface area contributed by atoms with Gasteiger partial charge in [-0.3, -0.25) is 9.69 Å². The average molecular weight is 428 g/mol. The summed E-state index contributed by atoms with van der Waals surface area (Å²) >= 11 is 0. The lowest BCUT2D eigenvalue weighted by Gasteiger charge is -2.36. The highest BCUT2D eigenvalue weighted by molar-refractivity contribution is 6.27. The molecule has 8 nitrogen and oxygen atoms in total. The zero-order valence-electron chi connectivity index (χ0n) is 17.9. The van der Waals surface area contributed by atoms with E-state index in [-0.39, 0.29) is 5.91 Å².